The molecule has 4 rings (SSSR count). The van der Waals surface area contributed by atoms with Gasteiger partial charge in [-0.25, -0.2) is 0 Å². The third-order valence-electron chi connectivity index (χ3n) is 4.88. The van der Waals surface area contributed by atoms with Gasteiger partial charge < -0.3 is 10.0 Å². The molecule has 26 heavy (non-hydrogen) atoms. The van der Waals surface area contributed by atoms with Crippen molar-refractivity contribution in [3.8, 4) is 10.7 Å². The van der Waals surface area contributed by atoms with Crippen molar-refractivity contribution >= 4 is 22.4 Å². The summed E-state index contributed by atoms with van der Waals surface area (Å²) < 4.78 is 1.78. The molecular weight excluding hydrogens is 352 g/mol. The normalized spacial score (nSPS) is 19.8. The van der Waals surface area contributed by atoms with Gasteiger partial charge >= 0.3 is 5.97 Å². The van der Waals surface area contributed by atoms with Crippen LogP contribution in [-0.4, -0.2) is 49.1 Å². The van der Waals surface area contributed by atoms with E-state index in [4.69, 9.17) is 0 Å². The van der Waals surface area contributed by atoms with Gasteiger partial charge in [0.05, 0.1) is 12.1 Å². The first-order valence-electron chi connectivity index (χ1n) is 8.25. The number of aliphatic carboxylic acids is 1. The van der Waals surface area contributed by atoms with Crippen molar-refractivity contribution in [3.05, 3.63) is 41.9 Å². The third-order valence-corrected chi connectivity index (χ3v) is 5.89. The summed E-state index contributed by atoms with van der Waals surface area (Å²) in [6, 6.07) is 5.64. The maximum Gasteiger partial charge on any atom is 0.308 e. The van der Waals surface area contributed by atoms with Crippen LogP contribution < -0.4 is 4.90 Å². The minimum absolute atomic E-state index is 0.122. The van der Waals surface area contributed by atoms with Crippen LogP contribution in [-0.2, 0) is 11.8 Å². The average Bonchev–Trinajstić information content (AvgIpc) is 3.35. The van der Waals surface area contributed by atoms with E-state index in [9.17, 15) is 9.90 Å². The van der Waals surface area contributed by atoms with Crippen LogP contribution in [0, 0.1) is 12.8 Å². The lowest BCUT2D eigenvalue weighted by Gasteiger charge is -2.14. The Balaban J connectivity index is 1.62. The van der Waals surface area contributed by atoms with E-state index >= 15 is 0 Å². The Bertz CT molecular complexity index is 938. The van der Waals surface area contributed by atoms with Crippen LogP contribution in [0.3, 0.4) is 0 Å². The van der Waals surface area contributed by atoms with E-state index in [1.807, 2.05) is 37.1 Å². The number of pyridine rings is 1. The minimum atomic E-state index is -0.796. The van der Waals surface area contributed by atoms with Gasteiger partial charge in [-0.3, -0.25) is 14.5 Å². The number of hydrogen-bond donors (Lipinski definition) is 1. The van der Waals surface area contributed by atoms with Gasteiger partial charge in [-0.1, -0.05) is 17.4 Å². The fraction of sp³-hybridized carbons (Fsp3) is 0.353. The molecule has 8 nitrogen and oxygen atoms in total. The summed E-state index contributed by atoms with van der Waals surface area (Å²) in [7, 11) is 1.87. The number of anilines is 1. The van der Waals surface area contributed by atoms with Crippen molar-refractivity contribution in [2.75, 3.05) is 18.0 Å². The van der Waals surface area contributed by atoms with Crippen LogP contribution in [0.15, 0.2) is 30.6 Å². The van der Waals surface area contributed by atoms with E-state index in [1.54, 1.807) is 17.1 Å². The predicted molar refractivity (Wildman–Crippen MR) is 97.2 cm³/mol. The lowest BCUT2D eigenvalue weighted by atomic mass is 9.89. The lowest BCUT2D eigenvalue weighted by Crippen LogP contribution is -2.23. The highest BCUT2D eigenvalue weighted by atomic mass is 32.1. The van der Waals surface area contributed by atoms with Crippen LogP contribution in [0.4, 0.5) is 5.13 Å². The smallest absolute Gasteiger partial charge is 0.308 e. The molecule has 0 bridgehead atoms. The van der Waals surface area contributed by atoms with E-state index in [-0.39, 0.29) is 5.92 Å². The van der Waals surface area contributed by atoms with Crippen molar-refractivity contribution in [3.63, 3.8) is 0 Å². The fourth-order valence-electron chi connectivity index (χ4n) is 3.34. The molecule has 1 N–H and O–H groups in total. The van der Waals surface area contributed by atoms with Crippen LogP contribution >= 0.6 is 11.3 Å². The molecule has 1 fully saturated rings. The molecule has 1 aliphatic heterocycles. The zero-order chi connectivity index (χ0) is 18.3. The molecule has 0 radical (unpaired) electrons. The number of carbonyl (C=O) groups is 1. The maximum atomic E-state index is 11.8. The number of carboxylic acids is 1. The van der Waals surface area contributed by atoms with Gasteiger partial charge in [0.25, 0.3) is 0 Å². The molecule has 4 heterocycles. The van der Waals surface area contributed by atoms with Crippen molar-refractivity contribution < 1.29 is 9.90 Å². The van der Waals surface area contributed by atoms with E-state index in [1.165, 1.54) is 11.3 Å². The van der Waals surface area contributed by atoms with Crippen LogP contribution in [0.25, 0.3) is 10.7 Å². The number of aromatic nitrogens is 5. The number of aryl methyl sites for hydroxylation is 1. The van der Waals surface area contributed by atoms with Gasteiger partial charge in [-0.15, -0.1) is 10.2 Å². The van der Waals surface area contributed by atoms with Gasteiger partial charge in [0.15, 0.2) is 5.01 Å². The van der Waals surface area contributed by atoms with Crippen molar-refractivity contribution in [1.29, 1.82) is 0 Å². The predicted octanol–water partition coefficient (Wildman–Crippen LogP) is 1.95. The summed E-state index contributed by atoms with van der Waals surface area (Å²) in [5.74, 6) is -1.42. The highest BCUT2D eigenvalue weighted by Crippen LogP contribution is 2.38. The van der Waals surface area contributed by atoms with Crippen LogP contribution in [0.5, 0.6) is 0 Å². The van der Waals surface area contributed by atoms with Crippen molar-refractivity contribution in [2.45, 2.75) is 12.8 Å². The Morgan fingerprint density at radius 3 is 2.81 bits per heavy atom. The summed E-state index contributed by atoms with van der Waals surface area (Å²) >= 11 is 1.43. The minimum Gasteiger partial charge on any atom is -0.481 e. The largest absolute Gasteiger partial charge is 0.481 e. The Morgan fingerprint density at radius 2 is 2.15 bits per heavy atom. The molecule has 0 unspecified atom stereocenters. The molecule has 1 aliphatic rings. The SMILES string of the molecule is Cc1c([C@@H]2CN(c3nnc(-c4ccccn4)s3)C[C@H]2C(=O)O)cnn1C. The van der Waals surface area contributed by atoms with Crippen molar-refractivity contribution in [2.24, 2.45) is 13.0 Å². The van der Waals surface area contributed by atoms with Crippen molar-refractivity contribution in [1.82, 2.24) is 25.0 Å². The Hall–Kier alpha value is -2.81. The van der Waals surface area contributed by atoms with E-state index in [0.29, 0.717) is 13.1 Å². The quantitative estimate of drug-likeness (QED) is 0.749. The van der Waals surface area contributed by atoms with E-state index in [2.05, 4.69) is 20.3 Å². The van der Waals surface area contributed by atoms with Crippen LogP contribution in [0.2, 0.25) is 0 Å². The zero-order valence-electron chi connectivity index (χ0n) is 14.4. The van der Waals surface area contributed by atoms with Crippen LogP contribution in [0.1, 0.15) is 17.2 Å². The number of nitrogens with zero attached hydrogens (tertiary/aromatic N) is 6. The molecule has 0 aliphatic carbocycles. The third kappa shape index (κ3) is 2.84. The molecule has 2 atom stereocenters. The first kappa shape index (κ1) is 16.6. The molecule has 0 spiro atoms. The Labute approximate surface area is 154 Å². The molecular formula is C17H18N6O2S. The molecule has 0 aromatic carbocycles. The second kappa shape index (κ2) is 6.49. The second-order valence-corrected chi connectivity index (χ2v) is 7.33. The number of rotatable bonds is 4. The topological polar surface area (TPSA) is 97.0 Å². The molecule has 134 valence electrons. The molecule has 1 saturated heterocycles. The van der Waals surface area contributed by atoms with Gasteiger partial charge in [0.2, 0.25) is 5.13 Å². The number of hydrogen-bond acceptors (Lipinski definition) is 7. The Kier molecular flexibility index (Phi) is 4.15. The van der Waals surface area contributed by atoms with Gasteiger partial charge in [0.1, 0.15) is 5.69 Å². The second-order valence-electron chi connectivity index (χ2n) is 6.37. The van der Waals surface area contributed by atoms with E-state index < -0.39 is 11.9 Å². The first-order chi connectivity index (χ1) is 12.5. The highest BCUT2D eigenvalue weighted by Gasteiger charge is 2.41. The maximum absolute atomic E-state index is 11.8. The summed E-state index contributed by atoms with van der Waals surface area (Å²) in [6.45, 7) is 2.96. The summed E-state index contributed by atoms with van der Waals surface area (Å²) in [6.07, 6.45) is 3.49. The lowest BCUT2D eigenvalue weighted by molar-refractivity contribution is -0.141. The van der Waals surface area contributed by atoms with E-state index in [0.717, 1.165) is 27.1 Å². The van der Waals surface area contributed by atoms with Gasteiger partial charge in [-0.05, 0) is 24.6 Å². The number of carboxylic acid groups (broad SMARTS) is 1. The summed E-state index contributed by atoms with van der Waals surface area (Å²) in [4.78, 5) is 18.1. The standard InChI is InChI=1S/C17H18N6O2S/c1-10-11(7-19-22(10)2)12-8-23(9-13(12)16(24)25)17-21-20-15(26-17)14-5-3-4-6-18-14/h3-7,12-13H,8-9H2,1-2H3,(H,24,25)/t12-,13+/m0/s1. The molecule has 0 amide bonds. The first-order valence-corrected chi connectivity index (χ1v) is 9.07. The summed E-state index contributed by atoms with van der Waals surface area (Å²) in [5.41, 5.74) is 2.75. The monoisotopic (exact) mass is 370 g/mol. The molecule has 3 aromatic heterocycles. The highest BCUT2D eigenvalue weighted by molar-refractivity contribution is 7.18. The average molecular weight is 370 g/mol. The van der Waals surface area contributed by atoms with Gasteiger partial charge in [0, 0.05) is 37.9 Å². The molecule has 0 saturated carbocycles. The molecule has 9 heteroatoms. The fourth-order valence-corrected chi connectivity index (χ4v) is 4.18. The van der Waals surface area contributed by atoms with Gasteiger partial charge in [-0.2, -0.15) is 5.10 Å². The Morgan fingerprint density at radius 1 is 1.31 bits per heavy atom. The zero-order valence-corrected chi connectivity index (χ0v) is 15.2. The molecule has 3 aromatic rings. The summed E-state index contributed by atoms with van der Waals surface area (Å²) in [5, 5.41) is 23.9.